The van der Waals surface area contributed by atoms with E-state index < -0.39 is 5.41 Å². The normalized spacial score (nSPS) is 14.2. The zero-order valence-electron chi connectivity index (χ0n) is 38.1. The minimum atomic E-state index is -0.497. The van der Waals surface area contributed by atoms with Crippen molar-refractivity contribution < 1.29 is 0 Å². The topological polar surface area (TPSA) is 8.17 Å². The number of aromatic nitrogens is 1. The molecule has 0 saturated heterocycles. The zero-order chi connectivity index (χ0) is 45.7. The van der Waals surface area contributed by atoms with Crippen LogP contribution in [0.4, 0.5) is 17.1 Å². The van der Waals surface area contributed by atoms with Crippen molar-refractivity contribution in [2.24, 2.45) is 0 Å². The third-order valence-electron chi connectivity index (χ3n) is 16.4. The molecule has 2 nitrogen and oxygen atoms in total. The fraction of sp³-hybridized carbons (Fsp3) is 0.0294. The van der Waals surface area contributed by atoms with Gasteiger partial charge in [-0.15, -0.1) is 0 Å². The van der Waals surface area contributed by atoms with E-state index in [1.54, 1.807) is 0 Å². The molecule has 324 valence electrons. The van der Waals surface area contributed by atoms with Gasteiger partial charge in [0.25, 0.3) is 0 Å². The summed E-state index contributed by atoms with van der Waals surface area (Å²) in [6, 6.07) is 95.8. The second kappa shape index (κ2) is 13.8. The van der Waals surface area contributed by atoms with E-state index in [0.717, 1.165) is 17.1 Å². The van der Waals surface area contributed by atoms with Gasteiger partial charge in [-0.2, -0.15) is 0 Å². The molecule has 12 aromatic rings. The summed E-state index contributed by atoms with van der Waals surface area (Å²) >= 11 is 0. The second-order valence-corrected chi connectivity index (χ2v) is 19.5. The molecule has 0 unspecified atom stereocenters. The largest absolute Gasteiger partial charge is 0.310 e. The number of fused-ring (bicyclic) bond motifs is 22. The van der Waals surface area contributed by atoms with Crippen molar-refractivity contribution in [2.75, 3.05) is 4.90 Å². The molecule has 2 spiro atoms. The third kappa shape index (κ3) is 4.64. The van der Waals surface area contributed by atoms with Crippen LogP contribution in [-0.2, 0) is 10.8 Å². The molecule has 1 aromatic heterocycles. The first-order chi connectivity index (χ1) is 34.7. The summed E-state index contributed by atoms with van der Waals surface area (Å²) in [6.45, 7) is 0. The lowest BCUT2D eigenvalue weighted by Crippen LogP contribution is -2.33. The summed E-state index contributed by atoms with van der Waals surface area (Å²) in [5.74, 6) is 0. The average Bonchev–Trinajstić information content (AvgIpc) is 4.13. The van der Waals surface area contributed by atoms with Crippen LogP contribution in [0.3, 0.4) is 0 Å². The highest BCUT2D eigenvalue weighted by molar-refractivity contribution is 6.13. The van der Waals surface area contributed by atoms with E-state index >= 15 is 0 Å². The number of rotatable bonds is 4. The second-order valence-electron chi connectivity index (χ2n) is 19.5. The summed E-state index contributed by atoms with van der Waals surface area (Å²) in [5, 5.41) is 2.55. The number of nitrogens with zero attached hydrogens (tertiary/aromatic N) is 2. The molecule has 70 heavy (non-hydrogen) atoms. The molecule has 0 amide bonds. The van der Waals surface area contributed by atoms with E-state index in [2.05, 4.69) is 264 Å². The van der Waals surface area contributed by atoms with Crippen LogP contribution in [0.25, 0.3) is 72.0 Å². The summed E-state index contributed by atoms with van der Waals surface area (Å²) in [4.78, 5) is 2.43. The molecule has 1 aliphatic heterocycles. The van der Waals surface area contributed by atoms with Gasteiger partial charge in [0, 0.05) is 27.8 Å². The van der Waals surface area contributed by atoms with Gasteiger partial charge in [-0.25, -0.2) is 0 Å². The number of para-hydroxylation sites is 3. The van der Waals surface area contributed by atoms with Crippen molar-refractivity contribution in [3.05, 3.63) is 299 Å². The van der Waals surface area contributed by atoms with Gasteiger partial charge in [-0.05, 0) is 138 Å². The Morgan fingerprint density at radius 1 is 0.271 bits per heavy atom. The maximum atomic E-state index is 2.56. The van der Waals surface area contributed by atoms with Gasteiger partial charge in [-0.1, -0.05) is 206 Å². The molecule has 2 heteroatoms. The predicted octanol–water partition coefficient (Wildman–Crippen LogP) is 16.9. The lowest BCUT2D eigenvalue weighted by molar-refractivity contribution is 0.748. The van der Waals surface area contributed by atoms with Crippen LogP contribution in [0.5, 0.6) is 0 Å². The molecular weight excluding hydrogens is 845 g/mol. The molecule has 2 heterocycles. The molecule has 0 atom stereocenters. The van der Waals surface area contributed by atoms with Crippen LogP contribution in [0, 0.1) is 0 Å². The molecule has 0 radical (unpaired) electrons. The Labute approximate surface area is 406 Å². The standard InChI is InChI=1S/C68H42N2/c1-2-17-45(18-3-1)69(46-36-33-43(34-37-46)44-35-39-53-52-23-8-12-28-58(52)67(63(53)41-44)56-26-10-4-19-48(56)49-20-5-11-27-57(49)67)47-38-40-61-65(42-47)70-64-32-15-9-24-54(64)55-25-16-31-62(66(55)70)68(61)59-29-13-6-21-50(59)51-22-7-14-30-60(51)68/h1-42H. The Morgan fingerprint density at radius 2 is 0.714 bits per heavy atom. The predicted molar refractivity (Wildman–Crippen MR) is 288 cm³/mol. The van der Waals surface area contributed by atoms with Crippen LogP contribution in [0.15, 0.2) is 255 Å². The van der Waals surface area contributed by atoms with Crippen LogP contribution >= 0.6 is 0 Å². The van der Waals surface area contributed by atoms with E-state index in [0.29, 0.717) is 0 Å². The summed E-state index contributed by atoms with van der Waals surface area (Å²) in [6.07, 6.45) is 0. The molecular formula is C68H42N2. The maximum Gasteiger partial charge on any atom is 0.0754 e. The van der Waals surface area contributed by atoms with Crippen LogP contribution in [-0.4, -0.2) is 4.57 Å². The van der Waals surface area contributed by atoms with Crippen molar-refractivity contribution in [1.29, 1.82) is 0 Å². The van der Waals surface area contributed by atoms with Gasteiger partial charge in [0.15, 0.2) is 0 Å². The van der Waals surface area contributed by atoms with E-state index in [1.807, 2.05) is 0 Å². The van der Waals surface area contributed by atoms with E-state index in [9.17, 15) is 0 Å². The lowest BCUT2D eigenvalue weighted by Gasteiger charge is -2.40. The molecule has 0 fully saturated rings. The van der Waals surface area contributed by atoms with Gasteiger partial charge >= 0.3 is 0 Å². The van der Waals surface area contributed by atoms with Crippen LogP contribution < -0.4 is 4.90 Å². The Kier molecular flexibility index (Phi) is 7.51. The summed E-state index contributed by atoms with van der Waals surface area (Å²) in [7, 11) is 0. The fourth-order valence-electron chi connectivity index (χ4n) is 13.8. The van der Waals surface area contributed by atoms with Gasteiger partial charge < -0.3 is 9.47 Å². The van der Waals surface area contributed by atoms with Gasteiger partial charge in [0.2, 0.25) is 0 Å². The molecule has 11 aromatic carbocycles. The van der Waals surface area contributed by atoms with Gasteiger partial charge in [0.1, 0.15) is 0 Å². The first kappa shape index (κ1) is 38.0. The molecule has 4 aliphatic rings. The van der Waals surface area contributed by atoms with Crippen molar-refractivity contribution >= 4 is 38.9 Å². The van der Waals surface area contributed by atoms with Crippen molar-refractivity contribution in [3.63, 3.8) is 0 Å². The number of hydrogen-bond donors (Lipinski definition) is 0. The Hall–Kier alpha value is -8.98. The molecule has 0 bridgehead atoms. The zero-order valence-corrected chi connectivity index (χ0v) is 38.1. The first-order valence-corrected chi connectivity index (χ1v) is 24.5. The molecule has 3 aliphatic carbocycles. The minimum absolute atomic E-state index is 0.385. The van der Waals surface area contributed by atoms with Gasteiger partial charge in [-0.3, -0.25) is 0 Å². The van der Waals surface area contributed by atoms with E-state index in [-0.39, 0.29) is 5.41 Å². The Balaban J connectivity index is 0.882. The van der Waals surface area contributed by atoms with Crippen molar-refractivity contribution in [3.8, 4) is 50.2 Å². The fourth-order valence-corrected chi connectivity index (χ4v) is 13.8. The van der Waals surface area contributed by atoms with Crippen molar-refractivity contribution in [1.82, 2.24) is 4.57 Å². The monoisotopic (exact) mass is 886 g/mol. The highest BCUT2D eigenvalue weighted by Gasteiger charge is 2.53. The number of anilines is 3. The quantitative estimate of drug-likeness (QED) is 0.171. The van der Waals surface area contributed by atoms with Crippen LogP contribution in [0.1, 0.15) is 44.5 Å². The van der Waals surface area contributed by atoms with E-state index in [1.165, 1.54) is 117 Å². The summed E-state index contributed by atoms with van der Waals surface area (Å²) in [5.41, 5.74) is 27.2. The molecule has 0 saturated carbocycles. The first-order valence-electron chi connectivity index (χ1n) is 24.5. The lowest BCUT2D eigenvalue weighted by atomic mass is 9.65. The Bertz CT molecular complexity index is 4080. The number of benzene rings is 11. The third-order valence-corrected chi connectivity index (χ3v) is 16.4. The minimum Gasteiger partial charge on any atom is -0.310 e. The average molecular weight is 887 g/mol. The van der Waals surface area contributed by atoms with Crippen LogP contribution in [0.2, 0.25) is 0 Å². The molecule has 16 rings (SSSR count). The number of hydrogen-bond acceptors (Lipinski definition) is 1. The molecule has 0 N–H and O–H groups in total. The SMILES string of the molecule is c1ccc(N(c2ccc(-c3ccc4c(c3)C3(c5ccccc5-c5ccccc53)c3ccccc3-4)cc2)c2ccc3c(c2)-n2c4ccccc4c4cccc(c42)C32c3ccccc3-c3ccccc32)cc1. The van der Waals surface area contributed by atoms with Gasteiger partial charge in [0.05, 0.1) is 27.6 Å². The highest BCUT2D eigenvalue weighted by atomic mass is 15.1. The smallest absolute Gasteiger partial charge is 0.0754 e. The summed E-state index contributed by atoms with van der Waals surface area (Å²) < 4.78 is 2.56. The maximum absolute atomic E-state index is 2.56. The Morgan fingerprint density at radius 3 is 1.31 bits per heavy atom. The van der Waals surface area contributed by atoms with Crippen molar-refractivity contribution in [2.45, 2.75) is 10.8 Å². The highest BCUT2D eigenvalue weighted by Crippen LogP contribution is 2.64. The van der Waals surface area contributed by atoms with E-state index in [4.69, 9.17) is 0 Å².